The van der Waals surface area contributed by atoms with Crippen LogP contribution in [0.5, 0.6) is 0 Å². The summed E-state index contributed by atoms with van der Waals surface area (Å²) in [5.41, 5.74) is 2.56. The third-order valence-corrected chi connectivity index (χ3v) is 4.02. The molecule has 1 heterocycles. The maximum Gasteiger partial charge on any atom is 0.223 e. The number of halogens is 1. The van der Waals surface area contributed by atoms with Crippen molar-refractivity contribution in [2.24, 2.45) is 0 Å². The minimum absolute atomic E-state index is 0. The summed E-state index contributed by atoms with van der Waals surface area (Å²) in [4.78, 5) is 14.4. The largest absolute Gasteiger partial charge is 0.337 e. The van der Waals surface area contributed by atoms with Crippen LogP contribution < -0.4 is 5.32 Å². The molecule has 0 aliphatic carbocycles. The predicted octanol–water partition coefficient (Wildman–Crippen LogP) is 2.73. The third kappa shape index (κ3) is 3.97. The van der Waals surface area contributed by atoms with Crippen LogP contribution in [0.1, 0.15) is 37.3 Å². The van der Waals surface area contributed by atoms with Crippen LogP contribution >= 0.6 is 12.4 Å². The molecule has 2 rings (SSSR count). The van der Waals surface area contributed by atoms with E-state index in [4.69, 9.17) is 0 Å². The topological polar surface area (TPSA) is 32.3 Å². The van der Waals surface area contributed by atoms with Crippen molar-refractivity contribution in [3.8, 4) is 0 Å². The first-order valence-electron chi connectivity index (χ1n) is 7.15. The molecule has 0 spiro atoms. The van der Waals surface area contributed by atoms with Gasteiger partial charge in [-0.25, -0.2) is 0 Å². The van der Waals surface area contributed by atoms with Gasteiger partial charge in [0, 0.05) is 32.1 Å². The van der Waals surface area contributed by atoms with E-state index in [1.807, 2.05) is 11.0 Å². The summed E-state index contributed by atoms with van der Waals surface area (Å²) in [6, 6.07) is 8.66. The number of carbonyl (C=O) groups is 1. The summed E-state index contributed by atoms with van der Waals surface area (Å²) < 4.78 is 0. The molecule has 20 heavy (non-hydrogen) atoms. The fourth-order valence-corrected chi connectivity index (χ4v) is 2.84. The van der Waals surface area contributed by atoms with Gasteiger partial charge < -0.3 is 10.2 Å². The number of piperazine rings is 1. The third-order valence-electron chi connectivity index (χ3n) is 4.02. The van der Waals surface area contributed by atoms with Gasteiger partial charge in [0.05, 0.1) is 0 Å². The van der Waals surface area contributed by atoms with Crippen LogP contribution in [0, 0.1) is 6.92 Å². The molecule has 1 fully saturated rings. The Hall–Kier alpha value is -1.06. The van der Waals surface area contributed by atoms with Crippen LogP contribution in [0.25, 0.3) is 0 Å². The average Bonchev–Trinajstić information content (AvgIpc) is 2.39. The van der Waals surface area contributed by atoms with Gasteiger partial charge in [-0.05, 0) is 30.9 Å². The van der Waals surface area contributed by atoms with Crippen molar-refractivity contribution in [3.05, 3.63) is 35.4 Å². The Morgan fingerprint density at radius 1 is 1.45 bits per heavy atom. The number of rotatable bonds is 3. The summed E-state index contributed by atoms with van der Waals surface area (Å²) in [6.45, 7) is 9.03. The minimum Gasteiger partial charge on any atom is -0.337 e. The highest BCUT2D eigenvalue weighted by Crippen LogP contribution is 2.23. The molecule has 1 unspecified atom stereocenters. The van der Waals surface area contributed by atoms with Crippen molar-refractivity contribution in [2.45, 2.75) is 39.2 Å². The molecule has 1 saturated heterocycles. The lowest BCUT2D eigenvalue weighted by Crippen LogP contribution is -2.52. The highest BCUT2D eigenvalue weighted by Gasteiger charge is 2.24. The quantitative estimate of drug-likeness (QED) is 0.930. The van der Waals surface area contributed by atoms with E-state index in [-0.39, 0.29) is 24.2 Å². The molecule has 1 aromatic rings. The van der Waals surface area contributed by atoms with E-state index in [1.165, 1.54) is 11.1 Å². The molecule has 1 aliphatic rings. The Kier molecular flexibility index (Phi) is 6.50. The molecule has 1 N–H and O–H groups in total. The summed E-state index contributed by atoms with van der Waals surface area (Å²) in [5, 5.41) is 3.32. The molecular formula is C16H25ClN2O. The average molecular weight is 297 g/mol. The number of nitrogens with zero attached hydrogens (tertiary/aromatic N) is 1. The molecule has 1 aliphatic heterocycles. The summed E-state index contributed by atoms with van der Waals surface area (Å²) in [6.07, 6.45) is 0.606. The van der Waals surface area contributed by atoms with Gasteiger partial charge in [0.1, 0.15) is 0 Å². The number of hydrogen-bond acceptors (Lipinski definition) is 2. The lowest BCUT2D eigenvalue weighted by atomic mass is 9.93. The van der Waals surface area contributed by atoms with E-state index in [1.54, 1.807) is 0 Å². The maximum absolute atomic E-state index is 12.4. The number of aryl methyl sites for hydroxylation is 1. The predicted molar refractivity (Wildman–Crippen MR) is 85.5 cm³/mol. The zero-order chi connectivity index (χ0) is 13.8. The van der Waals surface area contributed by atoms with Gasteiger partial charge in [0.25, 0.3) is 0 Å². The second-order valence-corrected chi connectivity index (χ2v) is 5.60. The standard InChI is InChI=1S/C16H24N2O.ClH/c1-12-6-4-5-7-15(12)13(2)10-16(19)18-9-8-17-11-14(18)3;/h4-7,13-14,17H,8-11H2,1-3H3;1H/t13?,14-;/m1./s1. The van der Waals surface area contributed by atoms with Crippen molar-refractivity contribution in [1.82, 2.24) is 10.2 Å². The smallest absolute Gasteiger partial charge is 0.223 e. The SMILES string of the molecule is Cc1ccccc1C(C)CC(=O)N1CCNC[C@H]1C.Cl. The number of hydrogen-bond donors (Lipinski definition) is 1. The Labute approximate surface area is 128 Å². The van der Waals surface area contributed by atoms with E-state index in [0.717, 1.165) is 19.6 Å². The van der Waals surface area contributed by atoms with E-state index in [0.29, 0.717) is 12.5 Å². The first-order valence-corrected chi connectivity index (χ1v) is 7.15. The minimum atomic E-state index is 0. The first-order chi connectivity index (χ1) is 9.09. The van der Waals surface area contributed by atoms with E-state index < -0.39 is 0 Å². The van der Waals surface area contributed by atoms with Gasteiger partial charge in [-0.1, -0.05) is 31.2 Å². The number of benzene rings is 1. The lowest BCUT2D eigenvalue weighted by molar-refractivity contribution is -0.134. The molecule has 4 heteroatoms. The Balaban J connectivity index is 0.00000200. The molecule has 0 saturated carbocycles. The van der Waals surface area contributed by atoms with Crippen molar-refractivity contribution < 1.29 is 4.79 Å². The zero-order valence-electron chi connectivity index (χ0n) is 12.6. The van der Waals surface area contributed by atoms with E-state index in [9.17, 15) is 4.79 Å². The maximum atomic E-state index is 12.4. The second kappa shape index (κ2) is 7.65. The van der Waals surface area contributed by atoms with Crippen molar-refractivity contribution in [3.63, 3.8) is 0 Å². The van der Waals surface area contributed by atoms with Gasteiger partial charge in [-0.15, -0.1) is 12.4 Å². The molecule has 3 nitrogen and oxygen atoms in total. The number of amides is 1. The van der Waals surface area contributed by atoms with Crippen molar-refractivity contribution in [1.29, 1.82) is 0 Å². The highest BCUT2D eigenvalue weighted by atomic mass is 35.5. The van der Waals surface area contributed by atoms with Crippen molar-refractivity contribution in [2.75, 3.05) is 19.6 Å². The van der Waals surface area contributed by atoms with Crippen LogP contribution in [-0.2, 0) is 4.79 Å². The second-order valence-electron chi connectivity index (χ2n) is 5.60. The summed E-state index contributed by atoms with van der Waals surface area (Å²) in [5.74, 6) is 0.570. The fourth-order valence-electron chi connectivity index (χ4n) is 2.84. The van der Waals surface area contributed by atoms with Crippen LogP contribution in [0.4, 0.5) is 0 Å². The van der Waals surface area contributed by atoms with Gasteiger partial charge in [-0.2, -0.15) is 0 Å². The molecule has 1 aromatic carbocycles. The molecule has 2 atom stereocenters. The Bertz CT molecular complexity index is 450. The van der Waals surface area contributed by atoms with E-state index >= 15 is 0 Å². The Morgan fingerprint density at radius 3 is 2.80 bits per heavy atom. The van der Waals surface area contributed by atoms with Gasteiger partial charge in [0.15, 0.2) is 0 Å². The molecule has 1 amide bonds. The normalized spacial score (nSPS) is 20.1. The molecule has 112 valence electrons. The van der Waals surface area contributed by atoms with Crippen LogP contribution in [0.15, 0.2) is 24.3 Å². The lowest BCUT2D eigenvalue weighted by Gasteiger charge is -2.34. The van der Waals surface area contributed by atoms with Gasteiger partial charge >= 0.3 is 0 Å². The van der Waals surface area contributed by atoms with E-state index in [2.05, 4.69) is 44.3 Å². The van der Waals surface area contributed by atoms with Gasteiger partial charge in [-0.3, -0.25) is 4.79 Å². The molecule has 0 aromatic heterocycles. The fraction of sp³-hybridized carbons (Fsp3) is 0.562. The van der Waals surface area contributed by atoms with Gasteiger partial charge in [0.2, 0.25) is 5.91 Å². The molecule has 0 bridgehead atoms. The first kappa shape index (κ1) is 17.0. The number of nitrogens with one attached hydrogen (secondary N) is 1. The van der Waals surface area contributed by atoms with Crippen molar-refractivity contribution >= 4 is 18.3 Å². The van der Waals surface area contributed by atoms with Crippen LogP contribution in [0.2, 0.25) is 0 Å². The monoisotopic (exact) mass is 296 g/mol. The summed E-state index contributed by atoms with van der Waals surface area (Å²) >= 11 is 0. The summed E-state index contributed by atoms with van der Waals surface area (Å²) in [7, 11) is 0. The molecule has 0 radical (unpaired) electrons. The highest BCUT2D eigenvalue weighted by molar-refractivity contribution is 5.85. The Morgan fingerprint density at radius 2 is 2.15 bits per heavy atom. The van der Waals surface area contributed by atoms with Crippen LogP contribution in [-0.4, -0.2) is 36.5 Å². The number of carbonyl (C=O) groups excluding carboxylic acids is 1. The zero-order valence-corrected chi connectivity index (χ0v) is 13.4. The molecular weight excluding hydrogens is 272 g/mol. The van der Waals surface area contributed by atoms with Crippen LogP contribution in [0.3, 0.4) is 0 Å².